The number of hydrogen-bond acceptors (Lipinski definition) is 7. The smallest absolute Gasteiger partial charge is 0.250 e. The predicted molar refractivity (Wildman–Crippen MR) is 95.0 cm³/mol. The second kappa shape index (κ2) is 6.58. The average Bonchev–Trinajstić information content (AvgIpc) is 3.15. The number of nitrogens with zero attached hydrogens (tertiary/aromatic N) is 2. The standard InChI is InChI=1S/C16H13N3O3S2/c20-15(3-2-10-8-17-9-23-10)19-16-18-11-6-12-13(7-14(11)24-16)22-5-1-4-21-12/h2-3,6-9H,1,4-5H2,(H,18,19,20)/b3-2+. The van der Waals surface area contributed by atoms with Gasteiger partial charge in [-0.15, -0.1) is 11.3 Å². The van der Waals surface area contributed by atoms with Crippen LogP contribution in [0.5, 0.6) is 11.5 Å². The second-order valence-corrected chi connectivity index (χ2v) is 7.01. The Labute approximate surface area is 145 Å². The molecule has 1 aliphatic heterocycles. The third-order valence-electron chi connectivity index (χ3n) is 3.34. The number of hydrogen-bond donors (Lipinski definition) is 1. The highest BCUT2D eigenvalue weighted by atomic mass is 32.1. The lowest BCUT2D eigenvalue weighted by molar-refractivity contribution is -0.111. The van der Waals surface area contributed by atoms with Crippen molar-refractivity contribution < 1.29 is 14.3 Å². The zero-order valence-corrected chi connectivity index (χ0v) is 14.2. The van der Waals surface area contributed by atoms with E-state index in [0.717, 1.165) is 27.3 Å². The molecule has 0 saturated carbocycles. The fraction of sp³-hybridized carbons (Fsp3) is 0.188. The minimum atomic E-state index is -0.225. The lowest BCUT2D eigenvalue weighted by Crippen LogP contribution is -2.06. The normalized spacial score (nSPS) is 14.0. The molecule has 6 nitrogen and oxygen atoms in total. The minimum Gasteiger partial charge on any atom is -0.490 e. The number of ether oxygens (including phenoxy) is 2. The van der Waals surface area contributed by atoms with Crippen molar-refractivity contribution in [2.45, 2.75) is 6.42 Å². The molecule has 1 aliphatic rings. The molecular weight excluding hydrogens is 346 g/mol. The van der Waals surface area contributed by atoms with E-state index < -0.39 is 0 Å². The van der Waals surface area contributed by atoms with Crippen LogP contribution in [0.1, 0.15) is 11.3 Å². The molecule has 0 saturated heterocycles. The summed E-state index contributed by atoms with van der Waals surface area (Å²) < 4.78 is 12.3. The van der Waals surface area contributed by atoms with Gasteiger partial charge in [0.2, 0.25) is 5.91 Å². The van der Waals surface area contributed by atoms with Crippen LogP contribution < -0.4 is 14.8 Å². The number of nitrogens with one attached hydrogen (secondary N) is 1. The van der Waals surface area contributed by atoms with Gasteiger partial charge in [0.25, 0.3) is 0 Å². The molecule has 0 bridgehead atoms. The Hall–Kier alpha value is -2.45. The van der Waals surface area contributed by atoms with Gasteiger partial charge in [-0.2, -0.15) is 0 Å². The molecule has 0 atom stereocenters. The fourth-order valence-electron chi connectivity index (χ4n) is 2.25. The van der Waals surface area contributed by atoms with Gasteiger partial charge in [-0.1, -0.05) is 11.3 Å². The number of fused-ring (bicyclic) bond motifs is 2. The van der Waals surface area contributed by atoms with Crippen LogP contribution in [0.2, 0.25) is 0 Å². The van der Waals surface area contributed by atoms with Crippen molar-refractivity contribution in [2.75, 3.05) is 18.5 Å². The first-order valence-corrected chi connectivity index (χ1v) is 9.05. The number of aromatic nitrogens is 2. The minimum absolute atomic E-state index is 0.225. The molecule has 4 rings (SSSR count). The molecule has 24 heavy (non-hydrogen) atoms. The van der Waals surface area contributed by atoms with Crippen LogP contribution in [-0.2, 0) is 4.79 Å². The van der Waals surface area contributed by atoms with Crippen LogP contribution in [0.4, 0.5) is 5.13 Å². The van der Waals surface area contributed by atoms with E-state index in [1.807, 2.05) is 12.1 Å². The number of carbonyl (C=O) groups excluding carboxylic acids is 1. The lowest BCUT2D eigenvalue weighted by Gasteiger charge is -2.05. The molecule has 0 aliphatic carbocycles. The van der Waals surface area contributed by atoms with Gasteiger partial charge < -0.3 is 9.47 Å². The summed E-state index contributed by atoms with van der Waals surface area (Å²) in [4.78, 5) is 21.3. The number of carbonyl (C=O) groups is 1. The fourth-order valence-corrected chi connectivity index (χ4v) is 3.64. The van der Waals surface area contributed by atoms with Crippen LogP contribution in [-0.4, -0.2) is 29.1 Å². The molecular formula is C16H13N3O3S2. The van der Waals surface area contributed by atoms with Gasteiger partial charge in [0.15, 0.2) is 16.6 Å². The number of thiazole rings is 2. The zero-order chi connectivity index (χ0) is 16.4. The molecule has 8 heteroatoms. The van der Waals surface area contributed by atoms with Gasteiger partial charge in [0.1, 0.15) is 0 Å². The van der Waals surface area contributed by atoms with Crippen molar-refractivity contribution in [2.24, 2.45) is 0 Å². The maximum absolute atomic E-state index is 12.0. The number of benzene rings is 1. The van der Waals surface area contributed by atoms with Crippen LogP contribution in [0.15, 0.2) is 29.9 Å². The van der Waals surface area contributed by atoms with Crippen LogP contribution >= 0.6 is 22.7 Å². The topological polar surface area (TPSA) is 73.3 Å². The summed E-state index contributed by atoms with van der Waals surface area (Å²) in [6.07, 6.45) is 5.77. The summed E-state index contributed by atoms with van der Waals surface area (Å²) in [5.41, 5.74) is 2.50. The molecule has 1 N–H and O–H groups in total. The van der Waals surface area contributed by atoms with Crippen LogP contribution in [0.3, 0.4) is 0 Å². The summed E-state index contributed by atoms with van der Waals surface area (Å²) in [6.45, 7) is 1.28. The molecule has 0 spiro atoms. The van der Waals surface area contributed by atoms with Crippen molar-refractivity contribution in [1.29, 1.82) is 0 Å². The predicted octanol–water partition coefficient (Wildman–Crippen LogP) is 3.57. The molecule has 0 unspecified atom stereocenters. The maximum atomic E-state index is 12.0. The van der Waals surface area contributed by atoms with E-state index >= 15 is 0 Å². The van der Waals surface area contributed by atoms with Gasteiger partial charge in [-0.05, 0) is 6.08 Å². The van der Waals surface area contributed by atoms with Gasteiger partial charge in [-0.3, -0.25) is 15.1 Å². The summed E-state index contributed by atoms with van der Waals surface area (Å²) in [7, 11) is 0. The van der Waals surface area contributed by atoms with Crippen molar-refractivity contribution in [1.82, 2.24) is 9.97 Å². The van der Waals surface area contributed by atoms with Gasteiger partial charge in [0.05, 0.1) is 28.9 Å². The Balaban J connectivity index is 1.53. The molecule has 3 aromatic rings. The monoisotopic (exact) mass is 359 g/mol. The quantitative estimate of drug-likeness (QED) is 0.724. The Morgan fingerprint density at radius 1 is 1.25 bits per heavy atom. The summed E-state index contributed by atoms with van der Waals surface area (Å²) in [5, 5.41) is 3.33. The largest absolute Gasteiger partial charge is 0.490 e. The number of anilines is 1. The van der Waals surface area contributed by atoms with E-state index in [4.69, 9.17) is 9.47 Å². The molecule has 1 amide bonds. The van der Waals surface area contributed by atoms with Crippen molar-refractivity contribution >= 4 is 50.0 Å². The molecule has 0 radical (unpaired) electrons. The van der Waals surface area contributed by atoms with Gasteiger partial charge in [-0.25, -0.2) is 4.98 Å². The molecule has 2 aromatic heterocycles. The van der Waals surface area contributed by atoms with Crippen LogP contribution in [0, 0.1) is 0 Å². The van der Waals surface area contributed by atoms with E-state index in [2.05, 4.69) is 15.3 Å². The van der Waals surface area contributed by atoms with Crippen molar-refractivity contribution in [3.63, 3.8) is 0 Å². The Bertz CT molecular complexity index is 860. The Morgan fingerprint density at radius 2 is 2.08 bits per heavy atom. The van der Waals surface area contributed by atoms with Gasteiger partial charge in [0, 0.05) is 35.7 Å². The summed E-state index contributed by atoms with van der Waals surface area (Å²) >= 11 is 2.88. The summed E-state index contributed by atoms with van der Waals surface area (Å²) in [5.74, 6) is 1.21. The summed E-state index contributed by atoms with van der Waals surface area (Å²) in [6, 6.07) is 3.77. The first-order valence-electron chi connectivity index (χ1n) is 7.36. The third kappa shape index (κ3) is 3.24. The Kier molecular flexibility index (Phi) is 4.14. The molecule has 3 heterocycles. The number of amides is 1. The van der Waals surface area contributed by atoms with Crippen LogP contribution in [0.25, 0.3) is 16.3 Å². The molecule has 0 fully saturated rings. The van der Waals surface area contributed by atoms with E-state index in [1.54, 1.807) is 17.8 Å². The first-order chi connectivity index (χ1) is 11.8. The van der Waals surface area contributed by atoms with E-state index in [9.17, 15) is 4.79 Å². The van der Waals surface area contributed by atoms with Gasteiger partial charge >= 0.3 is 0 Å². The zero-order valence-electron chi connectivity index (χ0n) is 12.5. The third-order valence-corrected chi connectivity index (χ3v) is 5.01. The highest BCUT2D eigenvalue weighted by Crippen LogP contribution is 2.37. The van der Waals surface area contributed by atoms with Crippen molar-refractivity contribution in [3.8, 4) is 11.5 Å². The second-order valence-electron chi connectivity index (χ2n) is 5.06. The maximum Gasteiger partial charge on any atom is 0.250 e. The average molecular weight is 359 g/mol. The van der Waals surface area contributed by atoms with E-state index in [1.165, 1.54) is 28.7 Å². The lowest BCUT2D eigenvalue weighted by atomic mass is 10.3. The SMILES string of the molecule is O=C(/C=C/c1cncs1)Nc1nc2cc3c(cc2s1)OCCCO3. The Morgan fingerprint density at radius 3 is 2.88 bits per heavy atom. The highest BCUT2D eigenvalue weighted by Gasteiger charge is 2.14. The van der Waals surface area contributed by atoms with E-state index in [0.29, 0.717) is 24.1 Å². The molecule has 1 aromatic carbocycles. The molecule has 122 valence electrons. The van der Waals surface area contributed by atoms with E-state index in [-0.39, 0.29) is 5.91 Å². The highest BCUT2D eigenvalue weighted by molar-refractivity contribution is 7.22. The van der Waals surface area contributed by atoms with Crippen molar-refractivity contribution in [3.05, 3.63) is 34.8 Å². The first kappa shape index (κ1) is 15.1. The number of rotatable bonds is 3.